The average Bonchev–Trinajstić information content (AvgIpc) is 2.73. The molecular weight excluding hydrogens is 236 g/mol. The second-order valence-electron chi connectivity index (χ2n) is 3.89. The van der Waals surface area contributed by atoms with Gasteiger partial charge in [0.15, 0.2) is 5.82 Å². The molecule has 0 saturated heterocycles. The number of hydrogen-bond donors (Lipinski definition) is 1. The van der Waals surface area contributed by atoms with E-state index >= 15 is 0 Å². The highest BCUT2D eigenvalue weighted by molar-refractivity contribution is 6.32. The zero-order valence-electron chi connectivity index (χ0n) is 9.94. The van der Waals surface area contributed by atoms with Crippen LogP contribution < -0.4 is 5.32 Å². The lowest BCUT2D eigenvalue weighted by molar-refractivity contribution is 0.722. The number of hydrogen-bond acceptors (Lipinski definition) is 3. The van der Waals surface area contributed by atoms with E-state index in [1.165, 1.54) is 0 Å². The van der Waals surface area contributed by atoms with E-state index in [1.807, 2.05) is 25.4 Å². The van der Waals surface area contributed by atoms with Gasteiger partial charge in [0.2, 0.25) is 0 Å². The molecule has 0 saturated carbocycles. The molecule has 2 aromatic rings. The van der Waals surface area contributed by atoms with Gasteiger partial charge < -0.3 is 5.32 Å². The van der Waals surface area contributed by atoms with Gasteiger partial charge in [-0.05, 0) is 30.7 Å². The van der Waals surface area contributed by atoms with Crippen LogP contribution in [-0.4, -0.2) is 21.3 Å². The molecule has 0 spiro atoms. The van der Waals surface area contributed by atoms with Gasteiger partial charge in [-0.2, -0.15) is 5.10 Å². The molecule has 0 aliphatic heterocycles. The van der Waals surface area contributed by atoms with Gasteiger partial charge in [-0.3, -0.25) is 0 Å². The van der Waals surface area contributed by atoms with E-state index < -0.39 is 0 Å². The first-order valence-electron chi connectivity index (χ1n) is 5.57. The summed E-state index contributed by atoms with van der Waals surface area (Å²) in [7, 11) is 0. The third kappa shape index (κ3) is 2.84. The Bertz CT molecular complexity index is 507. The van der Waals surface area contributed by atoms with Gasteiger partial charge >= 0.3 is 0 Å². The van der Waals surface area contributed by atoms with Gasteiger partial charge in [-0.25, -0.2) is 9.67 Å². The highest BCUT2D eigenvalue weighted by atomic mass is 35.5. The van der Waals surface area contributed by atoms with Crippen molar-refractivity contribution in [2.75, 3.05) is 6.54 Å². The molecule has 0 unspecified atom stereocenters. The minimum absolute atomic E-state index is 0.614. The Kier molecular flexibility index (Phi) is 3.76. The van der Waals surface area contributed by atoms with Gasteiger partial charge in [0.1, 0.15) is 0 Å². The molecule has 0 fully saturated rings. The molecule has 90 valence electrons. The fraction of sp³-hybridized carbons (Fsp3) is 0.333. The van der Waals surface area contributed by atoms with Crippen molar-refractivity contribution in [1.29, 1.82) is 0 Å². The Morgan fingerprint density at radius 2 is 2.24 bits per heavy atom. The fourth-order valence-corrected chi connectivity index (χ4v) is 1.81. The van der Waals surface area contributed by atoms with Crippen molar-refractivity contribution in [2.45, 2.75) is 20.4 Å². The summed E-state index contributed by atoms with van der Waals surface area (Å²) >= 11 is 6.20. The van der Waals surface area contributed by atoms with E-state index in [2.05, 4.69) is 22.3 Å². The van der Waals surface area contributed by atoms with Crippen molar-refractivity contribution < 1.29 is 0 Å². The highest BCUT2D eigenvalue weighted by Gasteiger charge is 2.06. The Morgan fingerprint density at radius 1 is 1.41 bits per heavy atom. The van der Waals surface area contributed by atoms with Crippen LogP contribution in [0.3, 0.4) is 0 Å². The van der Waals surface area contributed by atoms with Crippen molar-refractivity contribution in [2.24, 2.45) is 0 Å². The predicted octanol–water partition coefficient (Wildman–Crippen LogP) is 2.34. The van der Waals surface area contributed by atoms with E-state index in [0.29, 0.717) is 10.8 Å². The van der Waals surface area contributed by atoms with Crippen LogP contribution in [0.5, 0.6) is 0 Å². The second-order valence-corrected chi connectivity index (χ2v) is 4.30. The minimum atomic E-state index is 0.614. The molecule has 2 rings (SSSR count). The van der Waals surface area contributed by atoms with E-state index in [9.17, 15) is 0 Å². The summed E-state index contributed by atoms with van der Waals surface area (Å²) < 4.78 is 1.69. The lowest BCUT2D eigenvalue weighted by atomic mass is 10.3. The SMILES string of the molecule is CCNCc1cnc(-n2cc(C)cn2)c(Cl)c1. The monoisotopic (exact) mass is 250 g/mol. The summed E-state index contributed by atoms with van der Waals surface area (Å²) in [6, 6.07) is 1.92. The van der Waals surface area contributed by atoms with Crippen LogP contribution in [0.15, 0.2) is 24.7 Å². The molecular formula is C12H15ClN4. The third-order valence-corrected chi connectivity index (χ3v) is 2.66. The van der Waals surface area contributed by atoms with Crippen LogP contribution in [0.4, 0.5) is 0 Å². The van der Waals surface area contributed by atoms with Gasteiger partial charge in [-0.1, -0.05) is 18.5 Å². The summed E-state index contributed by atoms with van der Waals surface area (Å²) in [5.41, 5.74) is 2.16. The Labute approximate surface area is 106 Å². The van der Waals surface area contributed by atoms with Crippen molar-refractivity contribution in [1.82, 2.24) is 20.1 Å². The number of pyridine rings is 1. The second kappa shape index (κ2) is 5.29. The van der Waals surface area contributed by atoms with E-state index in [-0.39, 0.29) is 0 Å². The fourth-order valence-electron chi connectivity index (χ4n) is 1.53. The molecule has 0 aliphatic rings. The molecule has 2 aromatic heterocycles. The van der Waals surface area contributed by atoms with Gasteiger partial charge in [-0.15, -0.1) is 0 Å². The van der Waals surface area contributed by atoms with Crippen molar-refractivity contribution in [3.63, 3.8) is 0 Å². The topological polar surface area (TPSA) is 42.7 Å². The number of aryl methyl sites for hydroxylation is 1. The summed E-state index contributed by atoms with van der Waals surface area (Å²) in [6.45, 7) is 5.76. The zero-order valence-corrected chi connectivity index (χ0v) is 10.7. The number of nitrogens with zero attached hydrogens (tertiary/aromatic N) is 3. The Hall–Kier alpha value is -1.39. The van der Waals surface area contributed by atoms with Crippen LogP contribution in [0.25, 0.3) is 5.82 Å². The maximum Gasteiger partial charge on any atom is 0.172 e. The normalized spacial score (nSPS) is 10.8. The molecule has 0 bridgehead atoms. The first-order chi connectivity index (χ1) is 8.20. The summed E-state index contributed by atoms with van der Waals surface area (Å²) in [5.74, 6) is 0.667. The molecule has 0 atom stereocenters. The third-order valence-electron chi connectivity index (χ3n) is 2.39. The minimum Gasteiger partial charge on any atom is -0.313 e. The van der Waals surface area contributed by atoms with Crippen LogP contribution in [0.2, 0.25) is 5.02 Å². The van der Waals surface area contributed by atoms with Gasteiger partial charge in [0.25, 0.3) is 0 Å². The predicted molar refractivity (Wildman–Crippen MR) is 68.5 cm³/mol. The van der Waals surface area contributed by atoms with Crippen molar-refractivity contribution >= 4 is 11.6 Å². The molecule has 0 radical (unpaired) electrons. The maximum atomic E-state index is 6.20. The van der Waals surface area contributed by atoms with Crippen molar-refractivity contribution in [3.05, 3.63) is 40.8 Å². The van der Waals surface area contributed by atoms with Gasteiger partial charge in [0.05, 0.1) is 11.2 Å². The molecule has 0 amide bonds. The van der Waals surface area contributed by atoms with Crippen LogP contribution in [0.1, 0.15) is 18.1 Å². The number of rotatable bonds is 4. The lowest BCUT2D eigenvalue weighted by Gasteiger charge is -2.06. The Morgan fingerprint density at radius 3 is 2.82 bits per heavy atom. The molecule has 1 N–H and O–H groups in total. The molecule has 17 heavy (non-hydrogen) atoms. The standard InChI is InChI=1S/C12H15ClN4/c1-3-14-6-10-4-11(13)12(15-7-10)17-8-9(2)5-16-17/h4-5,7-8,14H,3,6H2,1-2H3. The smallest absolute Gasteiger partial charge is 0.172 e. The number of nitrogens with one attached hydrogen (secondary N) is 1. The molecule has 2 heterocycles. The quantitative estimate of drug-likeness (QED) is 0.906. The van der Waals surface area contributed by atoms with Crippen molar-refractivity contribution in [3.8, 4) is 5.82 Å². The number of halogens is 1. The zero-order chi connectivity index (χ0) is 12.3. The van der Waals surface area contributed by atoms with Gasteiger partial charge in [0, 0.05) is 18.9 Å². The first kappa shape index (κ1) is 12.1. The van der Waals surface area contributed by atoms with Crippen LogP contribution in [-0.2, 0) is 6.54 Å². The largest absolute Gasteiger partial charge is 0.313 e. The van der Waals surface area contributed by atoms with Crippen LogP contribution >= 0.6 is 11.6 Å². The average molecular weight is 251 g/mol. The first-order valence-corrected chi connectivity index (χ1v) is 5.95. The maximum absolute atomic E-state index is 6.20. The van der Waals surface area contributed by atoms with E-state index in [4.69, 9.17) is 11.6 Å². The summed E-state index contributed by atoms with van der Waals surface area (Å²) in [6.07, 6.45) is 5.50. The highest BCUT2D eigenvalue weighted by Crippen LogP contribution is 2.18. The molecule has 0 aromatic carbocycles. The molecule has 0 aliphatic carbocycles. The summed E-state index contributed by atoms with van der Waals surface area (Å²) in [5, 5.41) is 8.04. The van der Waals surface area contributed by atoms with E-state index in [0.717, 1.165) is 24.2 Å². The summed E-state index contributed by atoms with van der Waals surface area (Å²) in [4.78, 5) is 4.34. The molecule has 4 nitrogen and oxygen atoms in total. The Balaban J connectivity index is 2.25. The van der Waals surface area contributed by atoms with Crippen LogP contribution in [0, 0.1) is 6.92 Å². The number of aromatic nitrogens is 3. The van der Waals surface area contributed by atoms with E-state index in [1.54, 1.807) is 10.9 Å². The lowest BCUT2D eigenvalue weighted by Crippen LogP contribution is -2.12. The molecule has 5 heteroatoms.